The number of aryl methyl sites for hydroxylation is 1. The molecule has 0 spiro atoms. The first-order valence-electron chi connectivity index (χ1n) is 8.97. The van der Waals surface area contributed by atoms with Gasteiger partial charge in [0.2, 0.25) is 5.91 Å². The monoisotopic (exact) mass is 494 g/mol. The lowest BCUT2D eigenvalue weighted by Gasteiger charge is -2.12. The van der Waals surface area contributed by atoms with E-state index in [-0.39, 0.29) is 4.90 Å². The van der Waals surface area contributed by atoms with Gasteiger partial charge in [0.15, 0.2) is 0 Å². The Balaban J connectivity index is 1.77. The topological polar surface area (TPSA) is 75.3 Å². The average Bonchev–Trinajstić information content (AvgIpc) is 2.70. The van der Waals surface area contributed by atoms with Crippen LogP contribution in [0.5, 0.6) is 0 Å². The summed E-state index contributed by atoms with van der Waals surface area (Å²) in [5, 5.41) is 4.09. The fraction of sp³-hybridized carbons (Fsp3) is 0.0455. The van der Waals surface area contributed by atoms with Crippen LogP contribution in [0.4, 0.5) is 11.4 Å². The Morgan fingerprint density at radius 2 is 1.58 bits per heavy atom. The maximum absolute atomic E-state index is 12.7. The molecule has 0 aliphatic carbocycles. The number of carbonyl (C=O) groups is 1. The van der Waals surface area contributed by atoms with Gasteiger partial charge in [-0.1, -0.05) is 46.9 Å². The lowest BCUT2D eigenvalue weighted by atomic mass is 10.2. The smallest absolute Gasteiger partial charge is 0.261 e. The van der Waals surface area contributed by atoms with Crippen LogP contribution in [0.1, 0.15) is 11.1 Å². The van der Waals surface area contributed by atoms with Crippen LogP contribution in [0.25, 0.3) is 6.08 Å². The van der Waals surface area contributed by atoms with Crippen molar-refractivity contribution < 1.29 is 13.2 Å². The van der Waals surface area contributed by atoms with Crippen LogP contribution in [-0.4, -0.2) is 14.3 Å². The predicted molar refractivity (Wildman–Crippen MR) is 128 cm³/mol. The van der Waals surface area contributed by atoms with Crippen molar-refractivity contribution in [2.24, 2.45) is 0 Å². The molecule has 0 saturated heterocycles. The third-order valence-corrected chi connectivity index (χ3v) is 6.44. The molecular formula is C22H17Cl3N2O3S. The molecule has 5 nitrogen and oxygen atoms in total. The van der Waals surface area contributed by atoms with Gasteiger partial charge in [0, 0.05) is 32.5 Å². The molecule has 0 aliphatic rings. The van der Waals surface area contributed by atoms with Crippen molar-refractivity contribution in [3.8, 4) is 0 Å². The van der Waals surface area contributed by atoms with Crippen LogP contribution >= 0.6 is 34.8 Å². The van der Waals surface area contributed by atoms with Crippen molar-refractivity contribution in [2.45, 2.75) is 11.8 Å². The molecule has 0 bridgehead atoms. The Kier molecular flexibility index (Phi) is 7.28. The molecule has 0 aromatic heterocycles. The molecule has 160 valence electrons. The number of sulfonamides is 1. The Morgan fingerprint density at radius 1 is 0.903 bits per heavy atom. The van der Waals surface area contributed by atoms with Crippen LogP contribution in [0.2, 0.25) is 15.1 Å². The van der Waals surface area contributed by atoms with E-state index >= 15 is 0 Å². The fourth-order valence-corrected chi connectivity index (χ4v) is 4.29. The zero-order valence-corrected chi connectivity index (χ0v) is 19.3. The number of hydrogen-bond donors (Lipinski definition) is 2. The van der Waals surface area contributed by atoms with Crippen molar-refractivity contribution in [3.63, 3.8) is 0 Å². The maximum atomic E-state index is 12.7. The van der Waals surface area contributed by atoms with Crippen molar-refractivity contribution in [2.75, 3.05) is 10.0 Å². The second-order valence-corrected chi connectivity index (χ2v) is 9.54. The van der Waals surface area contributed by atoms with Gasteiger partial charge in [-0.25, -0.2) is 8.42 Å². The molecule has 1 amide bonds. The summed E-state index contributed by atoms with van der Waals surface area (Å²) in [6, 6.07) is 15.7. The number of rotatable bonds is 6. The van der Waals surface area contributed by atoms with Gasteiger partial charge in [-0.15, -0.1) is 0 Å². The number of hydrogen-bond acceptors (Lipinski definition) is 3. The Morgan fingerprint density at radius 3 is 2.26 bits per heavy atom. The molecule has 3 aromatic rings. The van der Waals surface area contributed by atoms with Gasteiger partial charge in [-0.05, 0) is 72.7 Å². The van der Waals surface area contributed by atoms with E-state index in [2.05, 4.69) is 10.0 Å². The average molecular weight is 496 g/mol. The first kappa shape index (κ1) is 23.2. The van der Waals surface area contributed by atoms with Gasteiger partial charge in [0.1, 0.15) is 0 Å². The number of nitrogens with one attached hydrogen (secondary N) is 2. The molecule has 9 heteroatoms. The summed E-state index contributed by atoms with van der Waals surface area (Å²) in [6.45, 7) is 1.76. The van der Waals surface area contributed by atoms with Gasteiger partial charge in [-0.3, -0.25) is 9.52 Å². The van der Waals surface area contributed by atoms with Crippen LogP contribution in [0, 0.1) is 6.92 Å². The summed E-state index contributed by atoms with van der Waals surface area (Å²) < 4.78 is 27.9. The molecule has 0 unspecified atom stereocenters. The minimum atomic E-state index is -3.86. The van der Waals surface area contributed by atoms with Crippen LogP contribution in [-0.2, 0) is 14.8 Å². The minimum Gasteiger partial charge on any atom is -0.322 e. The van der Waals surface area contributed by atoms with Gasteiger partial charge >= 0.3 is 0 Å². The predicted octanol–water partition coefficient (Wildman–Crippen LogP) is 6.41. The summed E-state index contributed by atoms with van der Waals surface area (Å²) in [6.07, 6.45) is 2.85. The van der Waals surface area contributed by atoms with Crippen molar-refractivity contribution in [3.05, 3.63) is 92.9 Å². The normalized spacial score (nSPS) is 11.5. The van der Waals surface area contributed by atoms with Crippen molar-refractivity contribution >= 4 is 68.2 Å². The number of anilines is 2. The largest absolute Gasteiger partial charge is 0.322 e. The summed E-state index contributed by atoms with van der Waals surface area (Å²) in [5.41, 5.74) is 2.08. The molecular weight excluding hydrogens is 479 g/mol. The van der Waals surface area contributed by atoms with E-state index < -0.39 is 15.9 Å². The second-order valence-electron chi connectivity index (χ2n) is 6.58. The molecule has 0 saturated carbocycles. The summed E-state index contributed by atoms with van der Waals surface area (Å²) in [4.78, 5) is 12.4. The summed E-state index contributed by atoms with van der Waals surface area (Å²) in [7, 11) is -3.86. The third kappa shape index (κ3) is 6.24. The molecule has 0 fully saturated rings. The lowest BCUT2D eigenvalue weighted by Crippen LogP contribution is -2.14. The molecule has 0 heterocycles. The first-order valence-corrected chi connectivity index (χ1v) is 11.6. The van der Waals surface area contributed by atoms with E-state index in [1.165, 1.54) is 18.2 Å². The van der Waals surface area contributed by atoms with Gasteiger partial charge in [-0.2, -0.15) is 0 Å². The van der Waals surface area contributed by atoms with E-state index in [1.807, 2.05) is 0 Å². The Labute approximate surface area is 195 Å². The van der Waals surface area contributed by atoms with E-state index in [0.717, 1.165) is 0 Å². The molecule has 3 aromatic carbocycles. The Hall–Kier alpha value is -2.51. The number of carbonyl (C=O) groups excluding carboxylic acids is 1. The standard InChI is InChI=1S/C22H17Cl3N2O3S/c1-14-2-10-19(31(29,30)27-18-8-6-16(23)7-9-18)13-21(14)26-22(28)11-4-15-3-5-17(24)12-20(15)25/h2-13,27H,1H3,(H,26,28). The first-order chi connectivity index (χ1) is 14.6. The lowest BCUT2D eigenvalue weighted by molar-refractivity contribution is -0.111. The third-order valence-electron chi connectivity index (χ3n) is 4.25. The van der Waals surface area contributed by atoms with E-state index in [9.17, 15) is 13.2 Å². The van der Waals surface area contributed by atoms with Crippen molar-refractivity contribution in [1.29, 1.82) is 0 Å². The quantitative estimate of drug-likeness (QED) is 0.388. The minimum absolute atomic E-state index is 0.00748. The van der Waals surface area contributed by atoms with Crippen LogP contribution < -0.4 is 10.0 Å². The molecule has 0 aliphatic heterocycles. The zero-order valence-electron chi connectivity index (χ0n) is 16.2. The van der Waals surface area contributed by atoms with E-state index in [1.54, 1.807) is 61.5 Å². The highest BCUT2D eigenvalue weighted by molar-refractivity contribution is 7.92. The molecule has 3 rings (SSSR count). The fourth-order valence-electron chi connectivity index (χ4n) is 2.61. The molecule has 31 heavy (non-hydrogen) atoms. The van der Waals surface area contributed by atoms with Crippen molar-refractivity contribution in [1.82, 2.24) is 0 Å². The highest BCUT2D eigenvalue weighted by Gasteiger charge is 2.16. The highest BCUT2D eigenvalue weighted by atomic mass is 35.5. The van der Waals surface area contributed by atoms with Crippen LogP contribution in [0.3, 0.4) is 0 Å². The molecule has 2 N–H and O–H groups in total. The van der Waals surface area contributed by atoms with Gasteiger partial charge in [0.25, 0.3) is 10.0 Å². The number of benzene rings is 3. The van der Waals surface area contributed by atoms with Gasteiger partial charge in [0.05, 0.1) is 4.90 Å². The van der Waals surface area contributed by atoms with Gasteiger partial charge < -0.3 is 5.32 Å². The second kappa shape index (κ2) is 9.75. The summed E-state index contributed by atoms with van der Waals surface area (Å²) >= 11 is 17.8. The Bertz CT molecular complexity index is 1260. The van der Waals surface area contributed by atoms with E-state index in [4.69, 9.17) is 34.8 Å². The maximum Gasteiger partial charge on any atom is 0.261 e. The molecule has 0 radical (unpaired) electrons. The zero-order chi connectivity index (χ0) is 22.6. The highest BCUT2D eigenvalue weighted by Crippen LogP contribution is 2.24. The molecule has 0 atom stereocenters. The van der Waals surface area contributed by atoms with E-state index in [0.29, 0.717) is 37.6 Å². The SMILES string of the molecule is Cc1ccc(S(=O)(=O)Nc2ccc(Cl)cc2)cc1NC(=O)C=Cc1ccc(Cl)cc1Cl. The summed E-state index contributed by atoms with van der Waals surface area (Å²) in [5.74, 6) is -0.436. The number of halogens is 3. The van der Waals surface area contributed by atoms with Crippen LogP contribution in [0.15, 0.2) is 71.6 Å². The number of amides is 1.